The van der Waals surface area contributed by atoms with E-state index in [0.717, 1.165) is 29.8 Å². The fraction of sp³-hybridized carbons (Fsp3) is 0.636. The number of hydrogen-bond acceptors (Lipinski definition) is 5. The zero-order valence-corrected chi connectivity index (χ0v) is 17.7. The number of piperidine rings is 1. The summed E-state index contributed by atoms with van der Waals surface area (Å²) in [5.41, 5.74) is 0.630. The van der Waals surface area contributed by atoms with Crippen molar-refractivity contribution in [1.82, 2.24) is 15.2 Å². The monoisotopic (exact) mass is 412 g/mol. The third kappa shape index (κ3) is 3.47. The summed E-state index contributed by atoms with van der Waals surface area (Å²) in [4.78, 5) is 36.4. The number of likely N-dealkylation sites (tertiary alicyclic amines) is 1. The lowest BCUT2D eigenvalue weighted by Gasteiger charge is -2.38. The molecule has 1 aromatic rings. The molecule has 0 radical (unpaired) electrons. The Bertz CT molecular complexity index is 836. The van der Waals surface area contributed by atoms with Gasteiger partial charge in [-0.3, -0.25) is 19.6 Å². The Morgan fingerprint density at radius 1 is 1.28 bits per heavy atom. The SMILES string of the molecule is CC1(C2CCN(C(=O)c3cccnc3)CC2)SC(=N[C@H]2C[C@@H]3CCC2C3)NC1=O. The largest absolute Gasteiger partial charge is 0.339 e. The number of carbonyl (C=O) groups excluding carboxylic acids is 2. The minimum Gasteiger partial charge on any atom is -0.339 e. The summed E-state index contributed by atoms with van der Waals surface area (Å²) in [6, 6.07) is 4.00. The van der Waals surface area contributed by atoms with Crippen molar-refractivity contribution in [1.29, 1.82) is 0 Å². The molecule has 29 heavy (non-hydrogen) atoms. The lowest BCUT2D eigenvalue weighted by atomic mass is 9.84. The molecule has 2 amide bonds. The molecule has 1 N–H and O–H groups in total. The Morgan fingerprint density at radius 2 is 2.10 bits per heavy atom. The molecule has 154 valence electrons. The maximum Gasteiger partial charge on any atom is 0.255 e. The second-order valence-corrected chi connectivity index (χ2v) is 10.6. The highest BCUT2D eigenvalue weighted by atomic mass is 32.2. The zero-order chi connectivity index (χ0) is 20.0. The Morgan fingerprint density at radius 3 is 2.76 bits per heavy atom. The van der Waals surface area contributed by atoms with Crippen molar-refractivity contribution in [3.8, 4) is 0 Å². The molecule has 6 nitrogen and oxygen atoms in total. The number of nitrogens with zero attached hydrogens (tertiary/aromatic N) is 3. The van der Waals surface area contributed by atoms with Crippen LogP contribution in [0.5, 0.6) is 0 Å². The minimum absolute atomic E-state index is 0.0313. The number of amides is 2. The van der Waals surface area contributed by atoms with Crippen molar-refractivity contribution in [2.75, 3.05) is 13.1 Å². The molecule has 1 aromatic heterocycles. The van der Waals surface area contributed by atoms with Crippen LogP contribution in [0.15, 0.2) is 29.5 Å². The van der Waals surface area contributed by atoms with Crippen LogP contribution in [0.1, 0.15) is 55.8 Å². The van der Waals surface area contributed by atoms with E-state index >= 15 is 0 Å². The molecule has 4 fully saturated rings. The molecule has 7 heteroatoms. The van der Waals surface area contributed by atoms with Crippen LogP contribution in [-0.2, 0) is 4.79 Å². The van der Waals surface area contributed by atoms with Crippen LogP contribution >= 0.6 is 11.8 Å². The van der Waals surface area contributed by atoms with Crippen molar-refractivity contribution in [2.45, 2.75) is 56.2 Å². The average molecular weight is 413 g/mol. The molecule has 5 rings (SSSR count). The number of pyridine rings is 1. The lowest BCUT2D eigenvalue weighted by Crippen LogP contribution is -2.47. The Hall–Kier alpha value is -1.89. The van der Waals surface area contributed by atoms with E-state index in [1.807, 2.05) is 4.90 Å². The minimum atomic E-state index is -0.486. The number of aliphatic imine (C=N–C) groups is 1. The van der Waals surface area contributed by atoms with Crippen molar-refractivity contribution in [2.24, 2.45) is 22.7 Å². The summed E-state index contributed by atoms with van der Waals surface area (Å²) in [6.07, 6.45) is 10.1. The molecule has 2 aliphatic carbocycles. The van der Waals surface area contributed by atoms with E-state index in [-0.39, 0.29) is 17.7 Å². The number of rotatable bonds is 3. The van der Waals surface area contributed by atoms with Gasteiger partial charge in [-0.05, 0) is 68.9 Å². The quantitative estimate of drug-likeness (QED) is 0.828. The lowest BCUT2D eigenvalue weighted by molar-refractivity contribution is -0.122. The first kappa shape index (κ1) is 19.1. The molecule has 0 spiro atoms. The van der Waals surface area contributed by atoms with Crippen molar-refractivity contribution in [3.05, 3.63) is 30.1 Å². The van der Waals surface area contributed by atoms with E-state index in [2.05, 4.69) is 17.2 Å². The summed E-state index contributed by atoms with van der Waals surface area (Å²) in [7, 11) is 0. The summed E-state index contributed by atoms with van der Waals surface area (Å²) >= 11 is 1.62. The number of fused-ring (bicyclic) bond motifs is 2. The molecule has 2 aliphatic heterocycles. The van der Waals surface area contributed by atoms with Crippen LogP contribution in [0.3, 0.4) is 0 Å². The van der Waals surface area contributed by atoms with E-state index in [1.165, 1.54) is 25.7 Å². The second kappa shape index (κ2) is 7.42. The number of hydrogen-bond donors (Lipinski definition) is 1. The maximum atomic E-state index is 12.9. The first-order valence-corrected chi connectivity index (χ1v) is 11.6. The smallest absolute Gasteiger partial charge is 0.255 e. The third-order valence-electron chi connectivity index (χ3n) is 7.43. The Labute approximate surface area is 175 Å². The molecule has 2 saturated carbocycles. The normalized spacial score (nSPS) is 36.0. The third-order valence-corrected chi connectivity index (χ3v) is 8.78. The second-order valence-electron chi connectivity index (χ2n) is 9.15. The van der Waals surface area contributed by atoms with Gasteiger partial charge in [0.15, 0.2) is 5.17 Å². The number of amidine groups is 1. The number of nitrogens with one attached hydrogen (secondary N) is 1. The van der Waals surface area contributed by atoms with Crippen LogP contribution in [0.4, 0.5) is 0 Å². The van der Waals surface area contributed by atoms with Gasteiger partial charge < -0.3 is 10.2 Å². The number of aromatic nitrogens is 1. The average Bonchev–Trinajstić information content (AvgIpc) is 3.44. The first-order valence-electron chi connectivity index (χ1n) is 10.8. The molecule has 0 aromatic carbocycles. The predicted octanol–water partition coefficient (Wildman–Crippen LogP) is 3.10. The number of thioether (sulfide) groups is 1. The summed E-state index contributed by atoms with van der Waals surface area (Å²) < 4.78 is -0.486. The molecule has 2 bridgehead atoms. The van der Waals surface area contributed by atoms with Crippen molar-refractivity contribution >= 4 is 28.7 Å². The van der Waals surface area contributed by atoms with E-state index in [0.29, 0.717) is 24.7 Å². The van der Waals surface area contributed by atoms with Gasteiger partial charge in [-0.25, -0.2) is 0 Å². The predicted molar refractivity (Wildman–Crippen MR) is 114 cm³/mol. The highest BCUT2D eigenvalue weighted by molar-refractivity contribution is 8.16. The molecule has 4 atom stereocenters. The van der Waals surface area contributed by atoms with E-state index in [9.17, 15) is 9.59 Å². The Kier molecular flexibility index (Phi) is 4.88. The van der Waals surface area contributed by atoms with Crippen LogP contribution in [-0.4, -0.2) is 50.7 Å². The summed E-state index contributed by atoms with van der Waals surface area (Å²) in [5.74, 6) is 1.94. The van der Waals surface area contributed by atoms with E-state index < -0.39 is 4.75 Å². The highest BCUT2D eigenvalue weighted by Gasteiger charge is 2.50. The number of carbonyl (C=O) groups is 2. The van der Waals surface area contributed by atoms with Crippen molar-refractivity contribution < 1.29 is 9.59 Å². The fourth-order valence-corrected chi connectivity index (χ4v) is 6.93. The van der Waals surface area contributed by atoms with Gasteiger partial charge in [0.25, 0.3) is 5.91 Å². The van der Waals surface area contributed by atoms with E-state index in [4.69, 9.17) is 4.99 Å². The van der Waals surface area contributed by atoms with Crippen LogP contribution in [0.2, 0.25) is 0 Å². The van der Waals surface area contributed by atoms with Gasteiger partial charge in [0.1, 0.15) is 4.75 Å². The van der Waals surface area contributed by atoms with Gasteiger partial charge in [0.2, 0.25) is 5.91 Å². The van der Waals surface area contributed by atoms with Gasteiger partial charge in [-0.2, -0.15) is 0 Å². The molecule has 4 aliphatic rings. The molecular weight excluding hydrogens is 384 g/mol. The molecular formula is C22H28N4O2S. The first-order chi connectivity index (χ1) is 14.0. The van der Waals surface area contributed by atoms with Crippen molar-refractivity contribution in [3.63, 3.8) is 0 Å². The van der Waals surface area contributed by atoms with Gasteiger partial charge in [-0.15, -0.1) is 0 Å². The highest BCUT2D eigenvalue weighted by Crippen LogP contribution is 2.48. The molecule has 3 heterocycles. The Balaban J connectivity index is 1.22. The van der Waals surface area contributed by atoms with Gasteiger partial charge in [0, 0.05) is 25.5 Å². The maximum absolute atomic E-state index is 12.9. The molecule has 2 unspecified atom stereocenters. The molecule has 2 saturated heterocycles. The van der Waals surface area contributed by atoms with E-state index in [1.54, 1.807) is 36.3 Å². The van der Waals surface area contributed by atoms with Gasteiger partial charge in [0.05, 0.1) is 11.6 Å². The fourth-order valence-electron chi connectivity index (χ4n) is 5.65. The van der Waals surface area contributed by atoms with Gasteiger partial charge in [-0.1, -0.05) is 18.2 Å². The standard InChI is InChI=1S/C22H28N4O2S/c1-22(17-6-9-26(10-7-17)19(27)16-3-2-8-23-13-16)20(28)25-21(29-22)24-18-12-14-4-5-15(18)11-14/h2-3,8,13-15,17-18H,4-7,9-12H2,1H3,(H,24,25,28)/t14-,15?,18+,22?/m1/s1. The summed E-state index contributed by atoms with van der Waals surface area (Å²) in [5, 5.41) is 3.90. The van der Waals surface area contributed by atoms with Crippen LogP contribution < -0.4 is 5.32 Å². The summed E-state index contributed by atoms with van der Waals surface area (Å²) in [6.45, 7) is 3.42. The topological polar surface area (TPSA) is 74.7 Å². The van der Waals surface area contributed by atoms with Crippen LogP contribution in [0, 0.1) is 17.8 Å². The zero-order valence-electron chi connectivity index (χ0n) is 16.8. The van der Waals surface area contributed by atoms with Crippen LogP contribution in [0.25, 0.3) is 0 Å². The van der Waals surface area contributed by atoms with Gasteiger partial charge >= 0.3 is 0 Å².